The maximum Gasteiger partial charge on any atom is 0.407 e. The lowest BCUT2D eigenvalue weighted by atomic mass is 10.1. The van der Waals surface area contributed by atoms with Gasteiger partial charge in [0.2, 0.25) is 0 Å². The van der Waals surface area contributed by atoms with Gasteiger partial charge in [0.1, 0.15) is 18.2 Å². The van der Waals surface area contributed by atoms with Crippen molar-refractivity contribution in [2.45, 2.75) is 31.3 Å². The van der Waals surface area contributed by atoms with E-state index in [0.29, 0.717) is 13.2 Å². The number of nitrogens with one attached hydrogen (secondary N) is 1. The van der Waals surface area contributed by atoms with Crippen LogP contribution in [-0.2, 0) is 18.9 Å². The van der Waals surface area contributed by atoms with Crippen molar-refractivity contribution < 1.29 is 28.5 Å². The molecule has 2 fully saturated rings. The molecule has 1 N–H and O–H groups in total. The number of hydrogen-bond donors (Lipinski definition) is 1. The molecule has 0 aromatic carbocycles. The molecular formula is C13H18N4O6. The number of fused-ring (bicyclic) bond motifs is 1. The lowest BCUT2D eigenvalue weighted by Gasteiger charge is -2.17. The number of alkyl carbamates (subject to hydrolysis) is 1. The van der Waals surface area contributed by atoms with Gasteiger partial charge in [-0.15, -0.1) is 5.10 Å². The predicted octanol–water partition coefficient (Wildman–Crippen LogP) is -0.482. The molecule has 0 aliphatic carbocycles. The summed E-state index contributed by atoms with van der Waals surface area (Å²) in [6, 6.07) is -0.242. The normalized spacial score (nSPS) is 29.1. The molecule has 2 aliphatic rings. The van der Waals surface area contributed by atoms with Gasteiger partial charge in [-0.1, -0.05) is 5.21 Å². The fourth-order valence-corrected chi connectivity index (χ4v) is 2.73. The van der Waals surface area contributed by atoms with Crippen molar-refractivity contribution in [1.82, 2.24) is 20.3 Å². The Labute approximate surface area is 132 Å². The number of ether oxygens (including phenoxy) is 4. The first-order valence-corrected chi connectivity index (χ1v) is 7.32. The molecule has 0 spiro atoms. The van der Waals surface area contributed by atoms with Crippen LogP contribution in [0.5, 0.6) is 0 Å². The molecule has 0 unspecified atom stereocenters. The third kappa shape index (κ3) is 2.99. The Morgan fingerprint density at radius 3 is 2.91 bits per heavy atom. The Bertz CT molecular complexity index is 591. The number of rotatable bonds is 4. The Morgan fingerprint density at radius 1 is 1.39 bits per heavy atom. The standard InChI is InChI=1S/C13H18N4O6/c1-3-14-13(19)23-9-6-22-10-8(5-21-11(9)10)17-4-7(15-16-17)12(18)20-2/h4,8-11H,3,5-6H2,1-2H3,(H,14,19)/t8-,9+,10+,11+/m0/s1. The smallest absolute Gasteiger partial charge is 0.407 e. The molecule has 10 heteroatoms. The molecule has 0 bridgehead atoms. The molecule has 2 saturated heterocycles. The van der Waals surface area contributed by atoms with Gasteiger partial charge in [0.05, 0.1) is 26.5 Å². The van der Waals surface area contributed by atoms with Crippen LogP contribution >= 0.6 is 0 Å². The zero-order valence-corrected chi connectivity index (χ0v) is 12.8. The van der Waals surface area contributed by atoms with Crippen molar-refractivity contribution in [2.24, 2.45) is 0 Å². The monoisotopic (exact) mass is 326 g/mol. The number of carbonyl (C=O) groups is 2. The second kappa shape index (κ2) is 6.50. The summed E-state index contributed by atoms with van der Waals surface area (Å²) in [5.74, 6) is -0.559. The summed E-state index contributed by atoms with van der Waals surface area (Å²) in [5.41, 5.74) is 0.115. The van der Waals surface area contributed by atoms with Crippen molar-refractivity contribution in [3.8, 4) is 0 Å². The average molecular weight is 326 g/mol. The van der Waals surface area contributed by atoms with E-state index in [-0.39, 0.29) is 30.6 Å². The molecule has 0 radical (unpaired) electrons. The number of hydrogen-bond acceptors (Lipinski definition) is 8. The summed E-state index contributed by atoms with van der Waals surface area (Å²) in [5, 5.41) is 10.3. The van der Waals surface area contributed by atoms with Crippen LogP contribution < -0.4 is 5.32 Å². The second-order valence-corrected chi connectivity index (χ2v) is 5.21. The minimum Gasteiger partial charge on any atom is -0.464 e. The number of esters is 1. The maximum absolute atomic E-state index is 11.5. The van der Waals surface area contributed by atoms with Gasteiger partial charge in [0.25, 0.3) is 0 Å². The quantitative estimate of drug-likeness (QED) is 0.738. The molecule has 1 amide bonds. The summed E-state index contributed by atoms with van der Waals surface area (Å²) in [6.07, 6.45) is -0.165. The first kappa shape index (κ1) is 15.7. The summed E-state index contributed by atoms with van der Waals surface area (Å²) >= 11 is 0. The van der Waals surface area contributed by atoms with Crippen LogP contribution in [0.2, 0.25) is 0 Å². The van der Waals surface area contributed by atoms with Gasteiger partial charge < -0.3 is 24.3 Å². The van der Waals surface area contributed by atoms with Gasteiger partial charge in [0.15, 0.2) is 11.8 Å². The highest BCUT2D eigenvalue weighted by Gasteiger charge is 2.50. The van der Waals surface area contributed by atoms with Gasteiger partial charge in [-0.05, 0) is 6.92 Å². The van der Waals surface area contributed by atoms with E-state index in [0.717, 1.165) is 0 Å². The van der Waals surface area contributed by atoms with Gasteiger partial charge in [-0.2, -0.15) is 0 Å². The lowest BCUT2D eigenvalue weighted by molar-refractivity contribution is 0.00317. The minimum absolute atomic E-state index is 0.115. The SMILES string of the molecule is CCNC(=O)O[C@@H]1CO[C@H]2[C@@H]1OC[C@@H]2n1cc(C(=O)OC)nn1. The molecule has 126 valence electrons. The van der Waals surface area contributed by atoms with E-state index in [1.165, 1.54) is 18.0 Å². The van der Waals surface area contributed by atoms with E-state index >= 15 is 0 Å². The van der Waals surface area contributed by atoms with Gasteiger partial charge in [-0.25, -0.2) is 14.3 Å². The Morgan fingerprint density at radius 2 is 2.17 bits per heavy atom. The molecule has 1 aromatic heterocycles. The number of aromatic nitrogens is 3. The lowest BCUT2D eigenvalue weighted by Crippen LogP contribution is -2.37. The van der Waals surface area contributed by atoms with Crippen LogP contribution in [0.3, 0.4) is 0 Å². The predicted molar refractivity (Wildman–Crippen MR) is 73.8 cm³/mol. The minimum atomic E-state index is -0.559. The Balaban J connectivity index is 1.66. The maximum atomic E-state index is 11.5. The highest BCUT2D eigenvalue weighted by atomic mass is 16.6. The van der Waals surface area contributed by atoms with Crippen molar-refractivity contribution in [3.05, 3.63) is 11.9 Å². The fraction of sp³-hybridized carbons (Fsp3) is 0.692. The summed E-state index contributed by atoms with van der Waals surface area (Å²) in [6.45, 7) is 2.87. The Hall–Kier alpha value is -2.20. The molecule has 4 atom stereocenters. The number of amides is 1. The second-order valence-electron chi connectivity index (χ2n) is 5.21. The molecule has 10 nitrogen and oxygen atoms in total. The third-order valence-electron chi connectivity index (χ3n) is 3.81. The number of carbonyl (C=O) groups excluding carboxylic acids is 2. The highest BCUT2D eigenvalue weighted by Crippen LogP contribution is 2.35. The molecular weight excluding hydrogens is 308 g/mol. The number of nitrogens with zero attached hydrogens (tertiary/aromatic N) is 3. The first-order chi connectivity index (χ1) is 11.1. The molecule has 23 heavy (non-hydrogen) atoms. The topological polar surface area (TPSA) is 114 Å². The average Bonchev–Trinajstić information content (AvgIpc) is 3.23. The zero-order valence-electron chi connectivity index (χ0n) is 12.8. The van der Waals surface area contributed by atoms with Crippen LogP contribution in [0, 0.1) is 0 Å². The van der Waals surface area contributed by atoms with Gasteiger partial charge in [-0.3, -0.25) is 0 Å². The summed E-state index contributed by atoms with van der Waals surface area (Å²) in [4.78, 5) is 23.0. The summed E-state index contributed by atoms with van der Waals surface area (Å²) in [7, 11) is 1.28. The Kier molecular flexibility index (Phi) is 4.44. The van der Waals surface area contributed by atoms with Crippen LogP contribution in [-0.4, -0.2) is 72.2 Å². The fourth-order valence-electron chi connectivity index (χ4n) is 2.73. The van der Waals surface area contributed by atoms with Crippen LogP contribution in [0.25, 0.3) is 0 Å². The van der Waals surface area contributed by atoms with Crippen molar-refractivity contribution in [1.29, 1.82) is 0 Å². The molecule has 3 rings (SSSR count). The van der Waals surface area contributed by atoms with E-state index in [4.69, 9.17) is 14.2 Å². The largest absolute Gasteiger partial charge is 0.464 e. The van der Waals surface area contributed by atoms with E-state index in [1.54, 1.807) is 6.92 Å². The first-order valence-electron chi connectivity index (χ1n) is 7.32. The molecule has 2 aliphatic heterocycles. The van der Waals surface area contributed by atoms with Crippen molar-refractivity contribution in [2.75, 3.05) is 26.9 Å². The van der Waals surface area contributed by atoms with Gasteiger partial charge >= 0.3 is 12.1 Å². The van der Waals surface area contributed by atoms with Crippen molar-refractivity contribution in [3.63, 3.8) is 0 Å². The third-order valence-corrected chi connectivity index (χ3v) is 3.81. The van der Waals surface area contributed by atoms with E-state index < -0.39 is 18.2 Å². The molecule has 0 saturated carbocycles. The van der Waals surface area contributed by atoms with E-state index in [9.17, 15) is 9.59 Å². The highest BCUT2D eigenvalue weighted by molar-refractivity contribution is 5.86. The van der Waals surface area contributed by atoms with Crippen LogP contribution in [0.1, 0.15) is 23.5 Å². The molecule has 3 heterocycles. The summed E-state index contributed by atoms with van der Waals surface area (Å²) < 4.78 is 22.8. The van der Waals surface area contributed by atoms with Crippen LogP contribution in [0.4, 0.5) is 4.79 Å². The van der Waals surface area contributed by atoms with E-state index in [1.807, 2.05) is 0 Å². The number of methoxy groups -OCH3 is 1. The zero-order chi connectivity index (χ0) is 16.4. The van der Waals surface area contributed by atoms with Crippen molar-refractivity contribution >= 4 is 12.1 Å². The van der Waals surface area contributed by atoms with E-state index in [2.05, 4.69) is 20.4 Å². The van der Waals surface area contributed by atoms with Crippen LogP contribution in [0.15, 0.2) is 6.20 Å². The van der Waals surface area contributed by atoms with Gasteiger partial charge in [0, 0.05) is 6.54 Å². The molecule has 1 aromatic rings.